The number of benzene rings is 2. The van der Waals surface area contributed by atoms with Gasteiger partial charge in [0.2, 0.25) is 5.89 Å². The number of unbranched alkanes of at least 4 members (excludes halogenated alkanes) is 2. The first-order valence-corrected chi connectivity index (χ1v) is 11.6. The molecular formula is C21H25N5O5S. The van der Waals surface area contributed by atoms with Gasteiger partial charge in [0.05, 0.1) is 0 Å². The number of rotatable bonds is 11. The summed E-state index contributed by atoms with van der Waals surface area (Å²) in [4.78, 5) is 14.1. The molecule has 0 saturated carbocycles. The molecule has 0 atom stereocenters. The van der Waals surface area contributed by atoms with Crippen LogP contribution in [-0.2, 0) is 21.6 Å². The summed E-state index contributed by atoms with van der Waals surface area (Å²) in [5, 5.41) is 13.0. The first kappa shape index (κ1) is 23.4. The summed E-state index contributed by atoms with van der Waals surface area (Å²) in [6, 6.07) is 18.6. The molecule has 0 unspecified atom stereocenters. The highest BCUT2D eigenvalue weighted by Crippen LogP contribution is 2.22. The Morgan fingerprint density at radius 1 is 1.00 bits per heavy atom. The van der Waals surface area contributed by atoms with E-state index in [0.29, 0.717) is 25.2 Å². The standard InChI is InChI=1S/C21H25N5O5S/c22-32(28,29)23-14-8-3-9-15-26(21(27)30-16-17-10-4-1-5-11-17)20-25-24-19(31-20)18-12-6-2-7-13-18/h1-2,4-7,10-13,23H,3,8-9,14-16H2,(H2,22,28,29). The second-order valence-corrected chi connectivity index (χ2v) is 8.33. The monoisotopic (exact) mass is 459 g/mol. The number of ether oxygens (including phenoxy) is 1. The molecular weight excluding hydrogens is 434 g/mol. The molecule has 3 rings (SSSR count). The number of hydrogen-bond donors (Lipinski definition) is 2. The van der Waals surface area contributed by atoms with E-state index >= 15 is 0 Å². The Labute approximate surface area is 186 Å². The molecule has 1 amide bonds. The molecule has 2 aromatic carbocycles. The zero-order chi connectivity index (χ0) is 22.8. The first-order valence-electron chi connectivity index (χ1n) is 10.1. The van der Waals surface area contributed by atoms with Crippen LogP contribution in [0.4, 0.5) is 10.8 Å². The Morgan fingerprint density at radius 2 is 1.69 bits per heavy atom. The Hall–Kier alpha value is -3.28. The van der Waals surface area contributed by atoms with Gasteiger partial charge in [-0.3, -0.25) is 0 Å². The van der Waals surface area contributed by atoms with Gasteiger partial charge in [0.15, 0.2) is 0 Å². The molecule has 0 radical (unpaired) electrons. The molecule has 10 nitrogen and oxygen atoms in total. The summed E-state index contributed by atoms with van der Waals surface area (Å²) in [5.41, 5.74) is 1.59. The number of carbonyl (C=O) groups excluding carboxylic acids is 1. The summed E-state index contributed by atoms with van der Waals surface area (Å²) in [6.45, 7) is 0.587. The SMILES string of the molecule is NS(=O)(=O)NCCCCCN(C(=O)OCc1ccccc1)c1nnc(-c2ccccc2)o1. The predicted octanol–water partition coefficient (Wildman–Crippen LogP) is 2.84. The maximum atomic E-state index is 12.8. The van der Waals surface area contributed by atoms with Crippen LogP contribution in [-0.4, -0.2) is 37.8 Å². The molecule has 0 fully saturated rings. The summed E-state index contributed by atoms with van der Waals surface area (Å²) < 4.78 is 35.2. The van der Waals surface area contributed by atoms with Crippen LogP contribution in [0.1, 0.15) is 24.8 Å². The maximum absolute atomic E-state index is 12.8. The zero-order valence-corrected chi connectivity index (χ0v) is 18.2. The van der Waals surface area contributed by atoms with Gasteiger partial charge in [-0.25, -0.2) is 19.6 Å². The quantitative estimate of drug-likeness (QED) is 0.420. The van der Waals surface area contributed by atoms with E-state index in [4.69, 9.17) is 14.3 Å². The van der Waals surface area contributed by atoms with Gasteiger partial charge >= 0.3 is 12.1 Å². The Balaban J connectivity index is 1.63. The smallest absolute Gasteiger partial charge is 0.418 e. The first-order chi connectivity index (χ1) is 15.4. The fourth-order valence-electron chi connectivity index (χ4n) is 2.87. The highest BCUT2D eigenvalue weighted by molar-refractivity contribution is 7.87. The molecule has 0 spiro atoms. The third kappa shape index (κ3) is 7.45. The van der Waals surface area contributed by atoms with Crippen molar-refractivity contribution in [3.8, 4) is 11.5 Å². The Kier molecular flexibility index (Phi) is 8.31. The van der Waals surface area contributed by atoms with Crippen LogP contribution in [0.2, 0.25) is 0 Å². The van der Waals surface area contributed by atoms with E-state index in [1.807, 2.05) is 60.7 Å². The van der Waals surface area contributed by atoms with Crippen LogP contribution in [0, 0.1) is 0 Å². The lowest BCUT2D eigenvalue weighted by Crippen LogP contribution is -2.33. The van der Waals surface area contributed by atoms with Gasteiger partial charge in [0.1, 0.15) is 6.61 Å². The van der Waals surface area contributed by atoms with Crippen molar-refractivity contribution in [1.82, 2.24) is 14.9 Å². The van der Waals surface area contributed by atoms with Gasteiger partial charge in [0, 0.05) is 18.7 Å². The van der Waals surface area contributed by atoms with Crippen LogP contribution in [0.15, 0.2) is 65.1 Å². The number of nitrogens with one attached hydrogen (secondary N) is 1. The van der Waals surface area contributed by atoms with Crippen molar-refractivity contribution in [1.29, 1.82) is 0 Å². The predicted molar refractivity (Wildman–Crippen MR) is 119 cm³/mol. The molecule has 1 aromatic heterocycles. The number of nitrogens with two attached hydrogens (primary N) is 1. The van der Waals surface area contributed by atoms with Gasteiger partial charge < -0.3 is 9.15 Å². The Morgan fingerprint density at radius 3 is 2.38 bits per heavy atom. The molecule has 11 heteroatoms. The maximum Gasteiger partial charge on any atom is 0.418 e. The number of amides is 1. The van der Waals surface area contributed by atoms with Gasteiger partial charge in [-0.15, -0.1) is 5.10 Å². The summed E-state index contributed by atoms with van der Waals surface area (Å²) in [7, 11) is -3.71. The minimum atomic E-state index is -3.71. The molecule has 3 N–H and O–H groups in total. The van der Waals surface area contributed by atoms with E-state index in [1.165, 1.54) is 4.90 Å². The van der Waals surface area contributed by atoms with Gasteiger partial charge in [0.25, 0.3) is 10.2 Å². The van der Waals surface area contributed by atoms with E-state index in [2.05, 4.69) is 14.9 Å². The lowest BCUT2D eigenvalue weighted by molar-refractivity contribution is 0.145. The molecule has 0 saturated heterocycles. The minimum Gasteiger partial charge on any atom is -0.444 e. The van der Waals surface area contributed by atoms with E-state index in [9.17, 15) is 13.2 Å². The van der Waals surface area contributed by atoms with Crippen molar-refractivity contribution in [2.75, 3.05) is 18.0 Å². The van der Waals surface area contributed by atoms with Crippen molar-refractivity contribution >= 4 is 22.3 Å². The third-order valence-electron chi connectivity index (χ3n) is 4.45. The molecule has 0 bridgehead atoms. The molecule has 32 heavy (non-hydrogen) atoms. The van der Waals surface area contributed by atoms with Crippen LogP contribution >= 0.6 is 0 Å². The van der Waals surface area contributed by atoms with Gasteiger partial charge in [-0.2, -0.15) is 8.42 Å². The van der Waals surface area contributed by atoms with Crippen LogP contribution in [0.5, 0.6) is 0 Å². The lowest BCUT2D eigenvalue weighted by atomic mass is 10.2. The van der Waals surface area contributed by atoms with Crippen LogP contribution < -0.4 is 14.8 Å². The normalized spacial score (nSPS) is 11.3. The molecule has 0 aliphatic carbocycles. The highest BCUT2D eigenvalue weighted by Gasteiger charge is 2.23. The average molecular weight is 460 g/mol. The number of nitrogens with zero attached hydrogens (tertiary/aromatic N) is 3. The fourth-order valence-corrected chi connectivity index (χ4v) is 3.30. The summed E-state index contributed by atoms with van der Waals surface area (Å²) in [5.74, 6) is 0.291. The molecule has 3 aromatic rings. The second kappa shape index (κ2) is 11.4. The van der Waals surface area contributed by atoms with Crippen molar-refractivity contribution in [2.45, 2.75) is 25.9 Å². The van der Waals surface area contributed by atoms with E-state index < -0.39 is 16.3 Å². The molecule has 1 heterocycles. The number of aromatic nitrogens is 2. The summed E-state index contributed by atoms with van der Waals surface area (Å²) in [6.07, 6.45) is 1.16. The Bertz CT molecular complexity index is 1090. The molecule has 0 aliphatic rings. The minimum absolute atomic E-state index is 0.0320. The van der Waals surface area contributed by atoms with Crippen LogP contribution in [0.3, 0.4) is 0 Å². The van der Waals surface area contributed by atoms with Crippen molar-refractivity contribution in [2.24, 2.45) is 5.14 Å². The zero-order valence-electron chi connectivity index (χ0n) is 17.4. The van der Waals surface area contributed by atoms with Gasteiger partial charge in [-0.05, 0) is 30.5 Å². The fraction of sp³-hybridized carbons (Fsp3) is 0.286. The van der Waals surface area contributed by atoms with Gasteiger partial charge in [-0.1, -0.05) is 60.1 Å². The van der Waals surface area contributed by atoms with Crippen LogP contribution in [0.25, 0.3) is 11.5 Å². The molecule has 0 aliphatic heterocycles. The average Bonchev–Trinajstić information content (AvgIpc) is 3.27. The third-order valence-corrected chi connectivity index (χ3v) is 5.06. The van der Waals surface area contributed by atoms with E-state index in [-0.39, 0.29) is 25.7 Å². The van der Waals surface area contributed by atoms with E-state index in [1.54, 1.807) is 0 Å². The van der Waals surface area contributed by atoms with Crippen molar-refractivity contribution in [3.05, 3.63) is 66.2 Å². The number of anilines is 1. The summed E-state index contributed by atoms with van der Waals surface area (Å²) >= 11 is 0. The van der Waals surface area contributed by atoms with E-state index in [0.717, 1.165) is 11.1 Å². The number of carbonyl (C=O) groups is 1. The largest absolute Gasteiger partial charge is 0.444 e. The highest BCUT2D eigenvalue weighted by atomic mass is 32.2. The molecule has 170 valence electrons. The second-order valence-electron chi connectivity index (χ2n) is 6.95. The topological polar surface area (TPSA) is 141 Å². The van der Waals surface area contributed by atoms with Crippen molar-refractivity contribution < 1.29 is 22.4 Å². The van der Waals surface area contributed by atoms with Crippen molar-refractivity contribution in [3.63, 3.8) is 0 Å². The lowest BCUT2D eigenvalue weighted by Gasteiger charge is -2.18. The number of hydrogen-bond acceptors (Lipinski definition) is 7.